The minimum Gasteiger partial charge on any atom is -0.493 e. The zero-order valence-corrected chi connectivity index (χ0v) is 22.4. The molecule has 3 rings (SSSR count). The summed E-state index contributed by atoms with van der Waals surface area (Å²) in [6.07, 6.45) is 0. The molecule has 0 aliphatic carbocycles. The minimum absolute atomic E-state index is 0.00487. The molecule has 0 spiro atoms. The Morgan fingerprint density at radius 2 is 1.73 bits per heavy atom. The highest BCUT2D eigenvalue weighted by molar-refractivity contribution is 7.98. The first kappa shape index (κ1) is 28.5. The van der Waals surface area contributed by atoms with Crippen LogP contribution in [0.3, 0.4) is 0 Å². The summed E-state index contributed by atoms with van der Waals surface area (Å²) in [6.45, 7) is -0.358. The molecule has 37 heavy (non-hydrogen) atoms. The molecular formula is C25H25ClF2N2O5S2. The molecule has 0 saturated carbocycles. The van der Waals surface area contributed by atoms with Crippen LogP contribution in [-0.4, -0.2) is 47.4 Å². The number of sulfonamides is 1. The summed E-state index contributed by atoms with van der Waals surface area (Å²) in [7, 11) is -1.52. The van der Waals surface area contributed by atoms with Crippen molar-refractivity contribution < 1.29 is 31.5 Å². The Bertz CT molecular complexity index is 1360. The number of nitrogens with zero attached hydrogens (tertiary/aromatic N) is 1. The lowest BCUT2D eigenvalue weighted by atomic mass is 10.2. The third kappa shape index (κ3) is 7.27. The number of anilines is 1. The molecule has 0 aliphatic rings. The smallest absolute Gasteiger partial charge is 0.264 e. The highest BCUT2D eigenvalue weighted by atomic mass is 35.5. The third-order valence-corrected chi connectivity index (χ3v) is 8.27. The number of thioether (sulfide) groups is 1. The number of ether oxygens (including phenoxy) is 2. The fraction of sp³-hybridized carbons (Fsp3) is 0.240. The van der Waals surface area contributed by atoms with E-state index in [1.165, 1.54) is 56.3 Å². The molecule has 1 amide bonds. The van der Waals surface area contributed by atoms with Crippen LogP contribution in [0.15, 0.2) is 65.6 Å². The van der Waals surface area contributed by atoms with E-state index in [2.05, 4.69) is 5.32 Å². The Labute approximate surface area is 223 Å². The number of carbonyl (C=O) groups excluding carboxylic acids is 1. The van der Waals surface area contributed by atoms with Gasteiger partial charge >= 0.3 is 0 Å². The van der Waals surface area contributed by atoms with Crippen molar-refractivity contribution in [2.45, 2.75) is 10.6 Å². The molecule has 0 fully saturated rings. The Morgan fingerprint density at radius 3 is 2.41 bits per heavy atom. The van der Waals surface area contributed by atoms with Crippen LogP contribution >= 0.6 is 23.4 Å². The molecule has 0 bridgehead atoms. The maximum absolute atomic E-state index is 13.8. The monoisotopic (exact) mass is 570 g/mol. The summed E-state index contributed by atoms with van der Waals surface area (Å²) >= 11 is 7.31. The number of rotatable bonds is 12. The number of carbonyl (C=O) groups is 1. The molecule has 1 N–H and O–H groups in total. The molecule has 0 atom stereocenters. The van der Waals surface area contributed by atoms with Gasteiger partial charge in [0.05, 0.1) is 29.8 Å². The standard InChI is InChI=1S/C25H25ClF2N2O5S2/c1-34-23-10-8-19(14-24(23)35-2)37(32,33)30(18-7-9-22(28)20(26)13-18)15-25(31)29-11-12-36-16-17-5-3-4-6-21(17)27/h3-10,13-14H,11-12,15-16H2,1-2H3,(H,29,31). The van der Waals surface area contributed by atoms with Crippen molar-refractivity contribution in [1.29, 1.82) is 0 Å². The number of amides is 1. The van der Waals surface area contributed by atoms with E-state index >= 15 is 0 Å². The molecular weight excluding hydrogens is 546 g/mol. The molecule has 3 aromatic carbocycles. The zero-order chi connectivity index (χ0) is 27.0. The van der Waals surface area contributed by atoms with Crippen molar-refractivity contribution in [3.63, 3.8) is 0 Å². The fourth-order valence-electron chi connectivity index (χ4n) is 3.31. The lowest BCUT2D eigenvalue weighted by Gasteiger charge is -2.24. The summed E-state index contributed by atoms with van der Waals surface area (Å²) < 4.78 is 65.9. The number of nitrogens with one attached hydrogen (secondary N) is 1. The second-order valence-corrected chi connectivity index (χ2v) is 11.0. The number of halogens is 3. The molecule has 0 saturated heterocycles. The summed E-state index contributed by atoms with van der Waals surface area (Å²) in [5.41, 5.74) is 0.560. The van der Waals surface area contributed by atoms with Crippen LogP contribution in [-0.2, 0) is 20.6 Å². The lowest BCUT2D eigenvalue weighted by Crippen LogP contribution is -2.41. The number of methoxy groups -OCH3 is 2. The molecule has 0 aliphatic heterocycles. The molecule has 0 unspecified atom stereocenters. The molecule has 3 aromatic rings. The van der Waals surface area contributed by atoms with Crippen LogP contribution in [0.25, 0.3) is 0 Å². The SMILES string of the molecule is COc1ccc(S(=O)(=O)N(CC(=O)NCCSCc2ccccc2F)c2ccc(F)c(Cl)c2)cc1OC. The van der Waals surface area contributed by atoms with Crippen molar-refractivity contribution in [2.24, 2.45) is 0 Å². The Balaban J connectivity index is 1.75. The van der Waals surface area contributed by atoms with Gasteiger partial charge in [-0.2, -0.15) is 11.8 Å². The van der Waals surface area contributed by atoms with Gasteiger partial charge in [-0.15, -0.1) is 0 Å². The van der Waals surface area contributed by atoms with Crippen LogP contribution in [0.5, 0.6) is 11.5 Å². The van der Waals surface area contributed by atoms with E-state index in [9.17, 15) is 22.0 Å². The van der Waals surface area contributed by atoms with Crippen LogP contribution < -0.4 is 19.1 Å². The lowest BCUT2D eigenvalue weighted by molar-refractivity contribution is -0.119. The van der Waals surface area contributed by atoms with Gasteiger partial charge in [-0.1, -0.05) is 29.8 Å². The average Bonchev–Trinajstić information content (AvgIpc) is 2.89. The van der Waals surface area contributed by atoms with Crippen LogP contribution in [0, 0.1) is 11.6 Å². The Morgan fingerprint density at radius 1 is 1.00 bits per heavy atom. The van der Waals surface area contributed by atoms with Gasteiger partial charge in [0.15, 0.2) is 11.5 Å². The number of hydrogen-bond acceptors (Lipinski definition) is 6. The predicted molar refractivity (Wildman–Crippen MR) is 141 cm³/mol. The van der Waals surface area contributed by atoms with E-state index in [1.54, 1.807) is 18.2 Å². The molecule has 198 valence electrons. The fourth-order valence-corrected chi connectivity index (χ4v) is 5.75. The maximum atomic E-state index is 13.8. The van der Waals surface area contributed by atoms with Crippen molar-refractivity contribution in [1.82, 2.24) is 5.32 Å². The van der Waals surface area contributed by atoms with Gasteiger partial charge in [-0.05, 0) is 42.0 Å². The predicted octanol–water partition coefficient (Wildman–Crippen LogP) is 4.88. The Kier molecular flexibility index (Phi) is 10.0. The topological polar surface area (TPSA) is 84.9 Å². The van der Waals surface area contributed by atoms with Crippen LogP contribution in [0.4, 0.5) is 14.5 Å². The summed E-state index contributed by atoms with van der Waals surface area (Å²) in [5.74, 6) is -0.212. The van der Waals surface area contributed by atoms with E-state index in [1.807, 2.05) is 0 Å². The van der Waals surface area contributed by atoms with Crippen molar-refractivity contribution in [3.05, 3.63) is 82.9 Å². The highest BCUT2D eigenvalue weighted by Crippen LogP contribution is 2.33. The summed E-state index contributed by atoms with van der Waals surface area (Å²) in [6, 6.07) is 13.8. The van der Waals surface area contributed by atoms with Crippen LogP contribution in [0.2, 0.25) is 5.02 Å². The normalized spacial score (nSPS) is 11.2. The van der Waals surface area contributed by atoms with Crippen LogP contribution in [0.1, 0.15) is 5.56 Å². The molecule has 7 nitrogen and oxygen atoms in total. The van der Waals surface area contributed by atoms with Gasteiger partial charge in [-0.25, -0.2) is 17.2 Å². The summed E-state index contributed by atoms with van der Waals surface area (Å²) in [4.78, 5) is 12.6. The molecule has 0 radical (unpaired) electrons. The van der Waals surface area contributed by atoms with Gasteiger partial charge in [0.1, 0.15) is 18.2 Å². The first-order chi connectivity index (χ1) is 17.7. The van der Waals surface area contributed by atoms with Crippen molar-refractivity contribution in [2.75, 3.05) is 37.4 Å². The molecule has 12 heteroatoms. The second-order valence-electron chi connectivity index (χ2n) is 7.62. The second kappa shape index (κ2) is 13.0. The maximum Gasteiger partial charge on any atom is 0.264 e. The van der Waals surface area contributed by atoms with Gasteiger partial charge < -0.3 is 14.8 Å². The first-order valence-electron chi connectivity index (χ1n) is 10.9. The quantitative estimate of drug-likeness (QED) is 0.312. The average molecular weight is 571 g/mol. The third-order valence-electron chi connectivity index (χ3n) is 5.21. The molecule has 0 heterocycles. The van der Waals surface area contributed by atoms with Crippen molar-refractivity contribution >= 4 is 45.0 Å². The number of benzene rings is 3. The van der Waals surface area contributed by atoms with E-state index < -0.39 is 28.3 Å². The minimum atomic E-state index is -4.30. The van der Waals surface area contributed by atoms with Gasteiger partial charge in [-0.3, -0.25) is 9.10 Å². The van der Waals surface area contributed by atoms with E-state index in [0.717, 1.165) is 16.4 Å². The van der Waals surface area contributed by atoms with E-state index in [0.29, 0.717) is 22.8 Å². The highest BCUT2D eigenvalue weighted by Gasteiger charge is 2.29. The van der Waals surface area contributed by atoms with Gasteiger partial charge in [0.2, 0.25) is 5.91 Å². The van der Waals surface area contributed by atoms with Crippen molar-refractivity contribution in [3.8, 4) is 11.5 Å². The summed E-state index contributed by atoms with van der Waals surface area (Å²) in [5, 5.41) is 2.37. The largest absolute Gasteiger partial charge is 0.493 e. The zero-order valence-electron chi connectivity index (χ0n) is 20.0. The van der Waals surface area contributed by atoms with E-state index in [4.69, 9.17) is 21.1 Å². The molecule has 0 aromatic heterocycles. The Hall–Kier alpha value is -3.02. The van der Waals surface area contributed by atoms with Gasteiger partial charge in [0.25, 0.3) is 10.0 Å². The first-order valence-corrected chi connectivity index (χ1v) is 13.9. The number of hydrogen-bond donors (Lipinski definition) is 1. The van der Waals surface area contributed by atoms with Gasteiger partial charge in [0, 0.05) is 24.1 Å². The van der Waals surface area contributed by atoms with E-state index in [-0.39, 0.29) is 33.7 Å².